The normalized spacial score (nSPS) is 16.1. The number of hydrogen-bond acceptors (Lipinski definition) is 4. The number of rotatable bonds is 4. The summed E-state index contributed by atoms with van der Waals surface area (Å²) in [7, 11) is -3.59. The van der Waals surface area contributed by atoms with Crippen LogP contribution in [0.3, 0.4) is 0 Å². The average molecular weight is 348 g/mol. The van der Waals surface area contributed by atoms with Crippen LogP contribution in [0.1, 0.15) is 48.7 Å². The largest absolute Gasteiger partial charge is 0.478 e. The lowest BCUT2D eigenvalue weighted by Crippen LogP contribution is -2.27. The molecule has 1 fully saturated rings. The summed E-state index contributed by atoms with van der Waals surface area (Å²) in [5, 5.41) is 9.86. The topological polar surface area (TPSA) is 87.6 Å². The standard InChI is InChI=1S/C17H20N2O4S/c1-11(2)16-10-14(17(20)21)13-9-12(5-6-15(13)18-16)24(22,23)19-7-3-4-8-19/h5-6,9-11H,3-4,7-8H2,1-2H3,(H,20,21). The van der Waals surface area contributed by atoms with Gasteiger partial charge >= 0.3 is 5.97 Å². The highest BCUT2D eigenvalue weighted by atomic mass is 32.2. The number of pyridine rings is 1. The molecule has 128 valence electrons. The molecule has 0 unspecified atom stereocenters. The van der Waals surface area contributed by atoms with Gasteiger partial charge in [-0.15, -0.1) is 0 Å². The zero-order valence-electron chi connectivity index (χ0n) is 13.7. The zero-order valence-corrected chi connectivity index (χ0v) is 14.5. The first-order chi connectivity index (χ1) is 11.3. The van der Waals surface area contributed by atoms with Gasteiger partial charge in [0.15, 0.2) is 0 Å². The van der Waals surface area contributed by atoms with E-state index < -0.39 is 16.0 Å². The number of carboxylic acid groups (broad SMARTS) is 1. The molecule has 7 heteroatoms. The van der Waals surface area contributed by atoms with E-state index in [1.165, 1.54) is 22.5 Å². The van der Waals surface area contributed by atoms with Crippen LogP contribution < -0.4 is 0 Å². The van der Waals surface area contributed by atoms with E-state index in [1.54, 1.807) is 6.07 Å². The second-order valence-electron chi connectivity index (χ2n) is 6.34. The van der Waals surface area contributed by atoms with Gasteiger partial charge in [0.05, 0.1) is 16.0 Å². The quantitative estimate of drug-likeness (QED) is 0.918. The Labute approximate surface area is 141 Å². The highest BCUT2D eigenvalue weighted by Crippen LogP contribution is 2.27. The van der Waals surface area contributed by atoms with E-state index in [9.17, 15) is 18.3 Å². The molecule has 2 heterocycles. The molecule has 2 aromatic rings. The fraction of sp³-hybridized carbons (Fsp3) is 0.412. The van der Waals surface area contributed by atoms with Crippen LogP contribution in [0.15, 0.2) is 29.2 Å². The van der Waals surface area contributed by atoms with Crippen molar-refractivity contribution in [3.63, 3.8) is 0 Å². The minimum Gasteiger partial charge on any atom is -0.478 e. The first-order valence-corrected chi connectivity index (χ1v) is 9.43. The van der Waals surface area contributed by atoms with Crippen molar-refractivity contribution >= 4 is 26.9 Å². The number of benzene rings is 1. The Morgan fingerprint density at radius 3 is 2.46 bits per heavy atom. The van der Waals surface area contributed by atoms with Crippen LogP contribution in [0, 0.1) is 0 Å². The van der Waals surface area contributed by atoms with E-state index in [1.807, 2.05) is 13.8 Å². The number of carboxylic acids is 1. The molecule has 6 nitrogen and oxygen atoms in total. The zero-order chi connectivity index (χ0) is 17.5. The lowest BCUT2D eigenvalue weighted by Gasteiger charge is -2.16. The number of aromatic nitrogens is 1. The molecule has 3 rings (SSSR count). The van der Waals surface area contributed by atoms with Crippen molar-refractivity contribution in [3.05, 3.63) is 35.5 Å². The van der Waals surface area contributed by atoms with Gasteiger partial charge in [-0.25, -0.2) is 13.2 Å². The molecule has 1 N–H and O–H groups in total. The maximum Gasteiger partial charge on any atom is 0.336 e. The van der Waals surface area contributed by atoms with Crippen LogP contribution in [0.2, 0.25) is 0 Å². The molecule has 0 atom stereocenters. The summed E-state index contributed by atoms with van der Waals surface area (Å²) in [4.78, 5) is 16.2. The molecule has 0 radical (unpaired) electrons. The van der Waals surface area contributed by atoms with E-state index in [-0.39, 0.29) is 16.4 Å². The molecule has 0 saturated carbocycles. The van der Waals surface area contributed by atoms with Gasteiger partial charge in [0.25, 0.3) is 0 Å². The van der Waals surface area contributed by atoms with Crippen LogP contribution in [0.25, 0.3) is 10.9 Å². The third-order valence-corrected chi connectivity index (χ3v) is 6.22. The number of aromatic carboxylic acids is 1. The lowest BCUT2D eigenvalue weighted by atomic mass is 10.0. The Morgan fingerprint density at radius 2 is 1.88 bits per heavy atom. The van der Waals surface area contributed by atoms with Gasteiger partial charge in [-0.05, 0) is 43.0 Å². The second-order valence-corrected chi connectivity index (χ2v) is 8.28. The summed E-state index contributed by atoms with van der Waals surface area (Å²) in [6, 6.07) is 6.07. The van der Waals surface area contributed by atoms with Crippen LogP contribution in [0.5, 0.6) is 0 Å². The minimum absolute atomic E-state index is 0.0838. The maximum absolute atomic E-state index is 12.7. The monoisotopic (exact) mass is 348 g/mol. The molecule has 0 amide bonds. The van der Waals surface area contributed by atoms with E-state index in [4.69, 9.17) is 0 Å². The SMILES string of the molecule is CC(C)c1cc(C(=O)O)c2cc(S(=O)(=O)N3CCCC3)ccc2n1. The molecule has 1 aliphatic heterocycles. The molecule has 1 aliphatic rings. The molecule has 1 aromatic heterocycles. The van der Waals surface area contributed by atoms with Crippen molar-refractivity contribution < 1.29 is 18.3 Å². The van der Waals surface area contributed by atoms with Gasteiger partial charge < -0.3 is 5.11 Å². The van der Waals surface area contributed by atoms with E-state index in [0.29, 0.717) is 29.7 Å². The second kappa shape index (κ2) is 6.14. The fourth-order valence-electron chi connectivity index (χ4n) is 2.94. The Hall–Kier alpha value is -1.99. The van der Waals surface area contributed by atoms with E-state index in [2.05, 4.69) is 4.98 Å². The van der Waals surface area contributed by atoms with Crippen molar-refractivity contribution in [2.45, 2.75) is 37.5 Å². The Morgan fingerprint density at radius 1 is 1.21 bits per heavy atom. The molecular formula is C17H20N2O4S. The molecular weight excluding hydrogens is 328 g/mol. The third-order valence-electron chi connectivity index (χ3n) is 4.32. The maximum atomic E-state index is 12.7. The predicted octanol–water partition coefficient (Wildman–Crippen LogP) is 2.84. The lowest BCUT2D eigenvalue weighted by molar-refractivity contribution is 0.0698. The highest BCUT2D eigenvalue weighted by molar-refractivity contribution is 7.89. The number of fused-ring (bicyclic) bond motifs is 1. The summed E-state index contributed by atoms with van der Waals surface area (Å²) in [6.07, 6.45) is 1.71. The van der Waals surface area contributed by atoms with Crippen LogP contribution in [-0.4, -0.2) is 41.9 Å². The van der Waals surface area contributed by atoms with E-state index in [0.717, 1.165) is 12.8 Å². The first-order valence-electron chi connectivity index (χ1n) is 7.99. The van der Waals surface area contributed by atoms with Gasteiger partial charge in [-0.2, -0.15) is 4.31 Å². The van der Waals surface area contributed by atoms with Gasteiger partial charge in [0.2, 0.25) is 10.0 Å². The van der Waals surface area contributed by atoms with Crippen LogP contribution in [0.4, 0.5) is 0 Å². The summed E-state index contributed by atoms with van der Waals surface area (Å²) in [5.74, 6) is -1.000. The van der Waals surface area contributed by atoms with Gasteiger partial charge in [-0.1, -0.05) is 13.8 Å². The predicted molar refractivity (Wildman–Crippen MR) is 90.8 cm³/mol. The summed E-state index contributed by atoms with van der Waals surface area (Å²) >= 11 is 0. The number of carbonyl (C=O) groups is 1. The minimum atomic E-state index is -3.59. The van der Waals surface area contributed by atoms with Gasteiger partial charge in [0.1, 0.15) is 0 Å². The molecule has 1 aromatic carbocycles. The fourth-order valence-corrected chi connectivity index (χ4v) is 4.48. The Kier molecular flexibility index (Phi) is 4.31. The first kappa shape index (κ1) is 16.9. The van der Waals surface area contributed by atoms with Crippen molar-refractivity contribution in [1.29, 1.82) is 0 Å². The molecule has 0 spiro atoms. The van der Waals surface area contributed by atoms with Crippen molar-refractivity contribution in [2.24, 2.45) is 0 Å². The van der Waals surface area contributed by atoms with Crippen molar-refractivity contribution in [2.75, 3.05) is 13.1 Å². The molecule has 24 heavy (non-hydrogen) atoms. The van der Waals surface area contributed by atoms with E-state index >= 15 is 0 Å². The number of sulfonamides is 1. The Bertz CT molecular complexity index is 900. The molecule has 0 aliphatic carbocycles. The summed E-state index contributed by atoms with van der Waals surface area (Å²) in [5.41, 5.74) is 1.26. The highest BCUT2D eigenvalue weighted by Gasteiger charge is 2.28. The summed E-state index contributed by atoms with van der Waals surface area (Å²) < 4.78 is 26.8. The van der Waals surface area contributed by atoms with Gasteiger partial charge in [-0.3, -0.25) is 4.98 Å². The number of nitrogens with zero attached hydrogens (tertiary/aromatic N) is 2. The molecule has 1 saturated heterocycles. The smallest absolute Gasteiger partial charge is 0.336 e. The van der Waals surface area contributed by atoms with Crippen LogP contribution in [-0.2, 0) is 10.0 Å². The average Bonchev–Trinajstić information content (AvgIpc) is 3.08. The Balaban J connectivity index is 2.19. The van der Waals surface area contributed by atoms with Crippen molar-refractivity contribution in [3.8, 4) is 0 Å². The molecule has 0 bridgehead atoms. The third kappa shape index (κ3) is 2.89. The van der Waals surface area contributed by atoms with Gasteiger partial charge in [0, 0.05) is 24.2 Å². The number of hydrogen-bond donors (Lipinski definition) is 1. The summed E-state index contributed by atoms with van der Waals surface area (Å²) in [6.45, 7) is 4.89. The van der Waals surface area contributed by atoms with Crippen LogP contribution >= 0.6 is 0 Å². The van der Waals surface area contributed by atoms with Crippen molar-refractivity contribution in [1.82, 2.24) is 9.29 Å².